The van der Waals surface area contributed by atoms with Crippen LogP contribution in [0.15, 0.2) is 0 Å². The Hall–Kier alpha value is -1.92. The van der Waals surface area contributed by atoms with Gasteiger partial charge in [0, 0.05) is 32.7 Å². The van der Waals surface area contributed by atoms with Crippen LogP contribution in [0.25, 0.3) is 0 Å². The molecule has 2 amide bonds. The molecule has 1 heterocycles. The summed E-state index contributed by atoms with van der Waals surface area (Å²) in [4.78, 5) is 48.1. The second kappa shape index (κ2) is 4.54. The molecule has 7 nitrogen and oxygen atoms in total. The van der Waals surface area contributed by atoms with Gasteiger partial charge in [-0.3, -0.25) is 24.1 Å². The van der Waals surface area contributed by atoms with Gasteiger partial charge in [-0.15, -0.1) is 0 Å². The van der Waals surface area contributed by atoms with Crippen molar-refractivity contribution in [2.45, 2.75) is 32.5 Å². The summed E-state index contributed by atoms with van der Waals surface area (Å²) in [6.07, 6.45) is -0.710. The number of rotatable bonds is 2. The van der Waals surface area contributed by atoms with E-state index in [1.807, 2.05) is 0 Å². The summed E-state index contributed by atoms with van der Waals surface area (Å²) in [5.74, 6) is -2.83. The number of carbonyl (C=O) groups is 4. The quantitative estimate of drug-likeness (QED) is 0.514. The Kier molecular flexibility index (Phi) is 3.04. The Morgan fingerprint density at radius 1 is 0.952 bits per heavy atom. The Morgan fingerprint density at radius 2 is 1.33 bits per heavy atom. The van der Waals surface area contributed by atoms with Crippen LogP contribution in [-0.4, -0.2) is 47.9 Å². The molecule has 1 saturated heterocycles. The monoisotopic (exact) mass is 295 g/mol. The molecular weight excluding hydrogens is 278 g/mol. The Bertz CT molecular complexity index is 494. The van der Waals surface area contributed by atoms with Crippen molar-refractivity contribution in [1.29, 1.82) is 0 Å². The fraction of sp³-hybridized carbons (Fsp3) is 0.714. The van der Waals surface area contributed by atoms with E-state index in [0.717, 1.165) is 4.90 Å². The van der Waals surface area contributed by atoms with E-state index in [1.165, 1.54) is 20.9 Å². The van der Waals surface area contributed by atoms with Gasteiger partial charge in [0.25, 0.3) is 0 Å². The maximum atomic E-state index is 12.2. The van der Waals surface area contributed by atoms with Gasteiger partial charge < -0.3 is 9.47 Å². The Morgan fingerprint density at radius 3 is 1.67 bits per heavy atom. The lowest BCUT2D eigenvalue weighted by molar-refractivity contribution is -0.175. The van der Waals surface area contributed by atoms with Crippen molar-refractivity contribution in [1.82, 2.24) is 4.90 Å². The molecule has 7 heteroatoms. The zero-order chi connectivity index (χ0) is 15.5. The molecule has 6 atom stereocenters. The third-order valence-corrected chi connectivity index (χ3v) is 4.86. The predicted octanol–water partition coefficient (Wildman–Crippen LogP) is -0.269. The lowest BCUT2D eigenvalue weighted by Crippen LogP contribution is -2.47. The van der Waals surface area contributed by atoms with Crippen LogP contribution in [-0.2, 0) is 28.7 Å². The van der Waals surface area contributed by atoms with E-state index in [0.29, 0.717) is 6.42 Å². The van der Waals surface area contributed by atoms with E-state index in [9.17, 15) is 19.2 Å². The van der Waals surface area contributed by atoms with Crippen LogP contribution in [0.5, 0.6) is 0 Å². The maximum absolute atomic E-state index is 12.2. The summed E-state index contributed by atoms with van der Waals surface area (Å²) in [6, 6.07) is 0. The van der Waals surface area contributed by atoms with Gasteiger partial charge in [0.05, 0.1) is 11.8 Å². The molecule has 0 unspecified atom stereocenters. The number of carbonyl (C=O) groups excluding carboxylic acids is 4. The van der Waals surface area contributed by atoms with Crippen LogP contribution >= 0.6 is 0 Å². The van der Waals surface area contributed by atoms with Crippen molar-refractivity contribution in [2.75, 3.05) is 7.05 Å². The average Bonchev–Trinajstić information content (AvgIpc) is 2.98. The van der Waals surface area contributed by atoms with Crippen molar-refractivity contribution < 1.29 is 28.7 Å². The molecule has 1 aliphatic heterocycles. The zero-order valence-electron chi connectivity index (χ0n) is 12.1. The van der Waals surface area contributed by atoms with Gasteiger partial charge in [0.2, 0.25) is 11.8 Å². The van der Waals surface area contributed by atoms with Gasteiger partial charge in [0.1, 0.15) is 12.2 Å². The van der Waals surface area contributed by atoms with Crippen LogP contribution in [0, 0.1) is 23.7 Å². The zero-order valence-corrected chi connectivity index (χ0v) is 12.1. The van der Waals surface area contributed by atoms with Crippen LogP contribution < -0.4 is 0 Å². The number of ether oxygens (including phenoxy) is 2. The molecule has 2 saturated carbocycles. The molecule has 3 aliphatic rings. The molecule has 21 heavy (non-hydrogen) atoms. The van der Waals surface area contributed by atoms with Crippen molar-refractivity contribution in [3.63, 3.8) is 0 Å². The van der Waals surface area contributed by atoms with Crippen LogP contribution in [0.3, 0.4) is 0 Å². The molecule has 2 bridgehead atoms. The topological polar surface area (TPSA) is 90.0 Å². The number of imide groups is 1. The third-order valence-electron chi connectivity index (χ3n) is 4.86. The number of fused-ring (bicyclic) bond motifs is 5. The molecule has 0 aromatic rings. The lowest BCUT2D eigenvalue weighted by atomic mass is 9.78. The van der Waals surface area contributed by atoms with Gasteiger partial charge >= 0.3 is 11.9 Å². The number of hydrogen-bond donors (Lipinski definition) is 0. The molecule has 3 fully saturated rings. The van der Waals surface area contributed by atoms with E-state index >= 15 is 0 Å². The first-order valence-electron chi connectivity index (χ1n) is 6.98. The summed E-state index contributed by atoms with van der Waals surface area (Å²) in [5, 5.41) is 0. The second-order valence-corrected chi connectivity index (χ2v) is 6.00. The highest BCUT2D eigenvalue weighted by Gasteiger charge is 2.68. The first kappa shape index (κ1) is 14.0. The minimum atomic E-state index is -0.638. The number of nitrogens with zero attached hydrogens (tertiary/aromatic N) is 1. The van der Waals surface area contributed by atoms with Crippen molar-refractivity contribution in [2.24, 2.45) is 23.7 Å². The molecule has 0 aromatic carbocycles. The summed E-state index contributed by atoms with van der Waals surface area (Å²) >= 11 is 0. The fourth-order valence-corrected chi connectivity index (χ4v) is 4.23. The second-order valence-electron chi connectivity index (χ2n) is 6.00. The van der Waals surface area contributed by atoms with Crippen LogP contribution in [0.1, 0.15) is 20.3 Å². The number of likely N-dealkylation sites (tertiary alicyclic amines) is 1. The van der Waals surface area contributed by atoms with Gasteiger partial charge in [-0.1, -0.05) is 0 Å². The van der Waals surface area contributed by atoms with E-state index < -0.39 is 36.0 Å². The lowest BCUT2D eigenvalue weighted by Gasteiger charge is -2.34. The fourth-order valence-electron chi connectivity index (χ4n) is 4.23. The summed E-state index contributed by atoms with van der Waals surface area (Å²) in [6.45, 7) is 2.56. The highest BCUT2D eigenvalue weighted by molar-refractivity contribution is 6.06. The van der Waals surface area contributed by atoms with Crippen LogP contribution in [0.2, 0.25) is 0 Å². The van der Waals surface area contributed by atoms with Crippen molar-refractivity contribution in [3.8, 4) is 0 Å². The van der Waals surface area contributed by atoms with Crippen LogP contribution in [0.4, 0.5) is 0 Å². The Balaban J connectivity index is 1.93. The number of hydrogen-bond acceptors (Lipinski definition) is 6. The van der Waals surface area contributed by atoms with E-state index in [1.54, 1.807) is 0 Å². The largest absolute Gasteiger partial charge is 0.458 e. The standard InChI is InChI=1S/C14H17NO6/c1-5(16)20-11-7-4-8(12(11)21-6(2)17)10-9(7)13(18)15(3)14(10)19/h7-12H,4H2,1-3H3/t7-,8+,9-,10-,11+,12-/m1/s1. The van der Waals surface area contributed by atoms with Crippen molar-refractivity contribution >= 4 is 23.8 Å². The summed E-state index contributed by atoms with van der Waals surface area (Å²) < 4.78 is 10.6. The SMILES string of the molecule is CC(=O)O[C@@H]1[C@H]2C[C@@H]([C@@H]1OC(C)=O)[C@H]1C(=O)N(C)C(=O)[C@H]21. The van der Waals surface area contributed by atoms with Gasteiger partial charge in [-0.2, -0.15) is 0 Å². The summed E-state index contributed by atoms with van der Waals surface area (Å²) in [7, 11) is 1.46. The summed E-state index contributed by atoms with van der Waals surface area (Å²) in [5.41, 5.74) is 0. The molecular formula is C14H17NO6. The highest BCUT2D eigenvalue weighted by Crippen LogP contribution is 2.57. The first-order chi connectivity index (χ1) is 9.82. The van der Waals surface area contributed by atoms with Gasteiger partial charge in [0.15, 0.2) is 0 Å². The third kappa shape index (κ3) is 1.86. The smallest absolute Gasteiger partial charge is 0.303 e. The van der Waals surface area contributed by atoms with E-state index in [4.69, 9.17) is 9.47 Å². The molecule has 2 aliphatic carbocycles. The van der Waals surface area contributed by atoms with E-state index in [2.05, 4.69) is 0 Å². The average molecular weight is 295 g/mol. The predicted molar refractivity (Wildman–Crippen MR) is 67.5 cm³/mol. The molecule has 0 radical (unpaired) electrons. The minimum absolute atomic E-state index is 0.226. The molecule has 0 spiro atoms. The number of amides is 2. The normalized spacial score (nSPS) is 40.4. The number of esters is 2. The van der Waals surface area contributed by atoms with E-state index in [-0.39, 0.29) is 23.7 Å². The first-order valence-corrected chi connectivity index (χ1v) is 6.98. The highest BCUT2D eigenvalue weighted by atomic mass is 16.6. The maximum Gasteiger partial charge on any atom is 0.303 e. The molecule has 114 valence electrons. The molecule has 0 N–H and O–H groups in total. The molecule has 3 rings (SSSR count). The van der Waals surface area contributed by atoms with Gasteiger partial charge in [-0.25, -0.2) is 0 Å². The molecule has 0 aromatic heterocycles. The van der Waals surface area contributed by atoms with Crippen molar-refractivity contribution in [3.05, 3.63) is 0 Å². The van der Waals surface area contributed by atoms with Gasteiger partial charge in [-0.05, 0) is 6.42 Å². The Labute approximate surface area is 121 Å². The minimum Gasteiger partial charge on any atom is -0.458 e.